The molecule has 0 aromatic carbocycles. The van der Waals surface area contributed by atoms with Crippen LogP contribution in [0, 0.1) is 0 Å². The number of nitrogens with zero attached hydrogens (tertiary/aromatic N) is 2. The van der Waals surface area contributed by atoms with E-state index in [2.05, 4.69) is 23.6 Å². The third-order valence-electron chi connectivity index (χ3n) is 2.73. The lowest BCUT2D eigenvalue weighted by Crippen LogP contribution is -2.36. The van der Waals surface area contributed by atoms with Crippen LogP contribution in [0.2, 0.25) is 12.6 Å². The minimum Gasteiger partial charge on any atom is -0.398 e. The Morgan fingerprint density at radius 2 is 2.00 bits per heavy atom. The van der Waals surface area contributed by atoms with E-state index in [1.54, 1.807) is 14.2 Å². The third kappa shape index (κ3) is 3.77. The van der Waals surface area contributed by atoms with E-state index in [4.69, 9.17) is 8.85 Å². The molecule has 86 valence electrons. The van der Waals surface area contributed by atoms with Crippen molar-refractivity contribution in [3.05, 3.63) is 18.7 Å². The van der Waals surface area contributed by atoms with Crippen molar-refractivity contribution in [3.63, 3.8) is 0 Å². The number of hydrogen-bond donors (Lipinski definition) is 0. The molecule has 4 nitrogen and oxygen atoms in total. The van der Waals surface area contributed by atoms with Gasteiger partial charge in [-0.25, -0.2) is 9.13 Å². The summed E-state index contributed by atoms with van der Waals surface area (Å²) in [5.74, 6) is 0. The van der Waals surface area contributed by atoms with Gasteiger partial charge in [-0.1, -0.05) is 0 Å². The van der Waals surface area contributed by atoms with Crippen molar-refractivity contribution in [1.29, 1.82) is 0 Å². The predicted molar refractivity (Wildman–Crippen MR) is 60.7 cm³/mol. The van der Waals surface area contributed by atoms with Gasteiger partial charge in [0.1, 0.15) is 12.4 Å². The molecule has 0 saturated heterocycles. The largest absolute Gasteiger partial charge is 0.398 e. The smallest absolute Gasteiger partial charge is 0.334 e. The summed E-state index contributed by atoms with van der Waals surface area (Å²) in [6, 6.07) is 1.03. The van der Waals surface area contributed by atoms with Crippen LogP contribution in [0.3, 0.4) is 0 Å². The van der Waals surface area contributed by atoms with E-state index in [0.717, 1.165) is 19.0 Å². The number of aromatic nitrogens is 2. The number of imidazole rings is 1. The van der Waals surface area contributed by atoms with Gasteiger partial charge in [0.25, 0.3) is 0 Å². The van der Waals surface area contributed by atoms with E-state index in [1.165, 1.54) is 0 Å². The topological polar surface area (TPSA) is 27.3 Å². The van der Waals surface area contributed by atoms with E-state index in [9.17, 15) is 0 Å². The lowest BCUT2D eigenvalue weighted by Gasteiger charge is -2.21. The molecule has 1 aromatic rings. The zero-order valence-electron chi connectivity index (χ0n) is 10.1. The van der Waals surface area contributed by atoms with Crippen molar-refractivity contribution in [2.75, 3.05) is 14.2 Å². The standard InChI is InChI=1S/C10H21N2O2Si/c1-11-7-8-12(10-11)6-5-9-15(4,13-2)14-3/h7-8,10H,5-6,9H2,1-4H3/q+1. The number of hydrogen-bond acceptors (Lipinski definition) is 2. The van der Waals surface area contributed by atoms with Crippen LogP contribution in [0.15, 0.2) is 18.7 Å². The molecule has 0 unspecified atom stereocenters. The van der Waals surface area contributed by atoms with Gasteiger partial charge in [-0.15, -0.1) is 0 Å². The van der Waals surface area contributed by atoms with Crippen molar-refractivity contribution in [3.8, 4) is 0 Å². The first-order valence-electron chi connectivity index (χ1n) is 5.21. The molecule has 15 heavy (non-hydrogen) atoms. The molecule has 0 spiro atoms. The summed E-state index contributed by atoms with van der Waals surface area (Å²) in [6.07, 6.45) is 7.30. The number of aryl methyl sites for hydroxylation is 2. The molecule has 0 atom stereocenters. The van der Waals surface area contributed by atoms with Gasteiger partial charge >= 0.3 is 8.56 Å². The lowest BCUT2D eigenvalue weighted by atomic mass is 10.5. The van der Waals surface area contributed by atoms with Crippen LogP contribution in [-0.2, 0) is 22.4 Å². The monoisotopic (exact) mass is 229 g/mol. The quantitative estimate of drug-likeness (QED) is 0.539. The summed E-state index contributed by atoms with van der Waals surface area (Å²) in [6.45, 7) is 3.12. The summed E-state index contributed by atoms with van der Waals surface area (Å²) in [7, 11) is 3.65. The van der Waals surface area contributed by atoms with Gasteiger partial charge < -0.3 is 8.85 Å². The summed E-state index contributed by atoms with van der Waals surface area (Å²) in [4.78, 5) is 0. The van der Waals surface area contributed by atoms with Gasteiger partial charge in [-0.3, -0.25) is 0 Å². The molecule has 0 fully saturated rings. The Hall–Kier alpha value is -0.653. The maximum absolute atomic E-state index is 5.43. The fourth-order valence-corrected chi connectivity index (χ4v) is 2.88. The normalized spacial score (nSPS) is 12.0. The Morgan fingerprint density at radius 3 is 2.47 bits per heavy atom. The fraction of sp³-hybridized carbons (Fsp3) is 0.700. The highest BCUT2D eigenvalue weighted by Crippen LogP contribution is 2.14. The lowest BCUT2D eigenvalue weighted by molar-refractivity contribution is -0.671. The molecule has 0 saturated carbocycles. The minimum atomic E-state index is -1.86. The van der Waals surface area contributed by atoms with Crippen LogP contribution in [0.5, 0.6) is 0 Å². The van der Waals surface area contributed by atoms with E-state index in [1.807, 2.05) is 17.8 Å². The van der Waals surface area contributed by atoms with Gasteiger partial charge in [-0.05, 0) is 19.0 Å². The van der Waals surface area contributed by atoms with Crippen LogP contribution in [0.1, 0.15) is 6.42 Å². The molecule has 0 radical (unpaired) electrons. The summed E-state index contributed by atoms with van der Waals surface area (Å²) in [5, 5.41) is 0. The zero-order chi connectivity index (χ0) is 11.3. The van der Waals surface area contributed by atoms with Crippen LogP contribution < -0.4 is 4.57 Å². The van der Waals surface area contributed by atoms with Crippen LogP contribution in [0.4, 0.5) is 0 Å². The summed E-state index contributed by atoms with van der Waals surface area (Å²) < 4.78 is 15.1. The highest BCUT2D eigenvalue weighted by atomic mass is 28.4. The Balaban J connectivity index is 2.32. The average molecular weight is 229 g/mol. The van der Waals surface area contributed by atoms with E-state index in [0.29, 0.717) is 0 Å². The Bertz CT molecular complexity index is 297. The van der Waals surface area contributed by atoms with Gasteiger partial charge in [0.15, 0.2) is 0 Å². The van der Waals surface area contributed by atoms with Crippen molar-refractivity contribution in [2.24, 2.45) is 7.05 Å². The molecular formula is C10H21N2O2Si+. The highest BCUT2D eigenvalue weighted by molar-refractivity contribution is 6.65. The predicted octanol–water partition coefficient (Wildman–Crippen LogP) is 1.07. The molecule has 1 aromatic heterocycles. The molecular weight excluding hydrogens is 208 g/mol. The molecule has 0 aliphatic heterocycles. The van der Waals surface area contributed by atoms with Gasteiger partial charge in [0.2, 0.25) is 6.33 Å². The van der Waals surface area contributed by atoms with Crippen molar-refractivity contribution in [1.82, 2.24) is 4.57 Å². The first-order chi connectivity index (χ1) is 7.09. The maximum atomic E-state index is 5.43. The average Bonchev–Trinajstić information content (AvgIpc) is 2.64. The molecule has 0 aliphatic rings. The molecule has 0 N–H and O–H groups in total. The Labute approximate surface area is 92.7 Å². The van der Waals surface area contributed by atoms with Crippen molar-refractivity contribution < 1.29 is 13.4 Å². The molecule has 0 bridgehead atoms. The molecule has 5 heteroatoms. The van der Waals surface area contributed by atoms with Crippen molar-refractivity contribution in [2.45, 2.75) is 25.6 Å². The molecule has 1 heterocycles. The molecule has 1 rings (SSSR count). The Kier molecular flexibility index (Phi) is 4.50. The highest BCUT2D eigenvalue weighted by Gasteiger charge is 2.28. The number of rotatable bonds is 6. The zero-order valence-corrected chi connectivity index (χ0v) is 11.1. The van der Waals surface area contributed by atoms with Crippen LogP contribution in [0.25, 0.3) is 0 Å². The molecule has 0 amide bonds. The molecule has 0 aliphatic carbocycles. The van der Waals surface area contributed by atoms with Crippen LogP contribution in [-0.4, -0.2) is 27.3 Å². The SMILES string of the molecule is CO[Si](C)(CCCn1cc[n+](C)c1)OC. The Morgan fingerprint density at radius 1 is 1.33 bits per heavy atom. The van der Waals surface area contributed by atoms with E-state index < -0.39 is 8.56 Å². The minimum absolute atomic E-state index is 1.02. The van der Waals surface area contributed by atoms with Gasteiger partial charge in [0, 0.05) is 14.2 Å². The first kappa shape index (κ1) is 12.4. The fourth-order valence-electron chi connectivity index (χ4n) is 1.50. The second kappa shape index (κ2) is 5.44. The third-order valence-corrected chi connectivity index (χ3v) is 5.72. The maximum Gasteiger partial charge on any atom is 0.334 e. The van der Waals surface area contributed by atoms with E-state index in [-0.39, 0.29) is 0 Å². The summed E-state index contributed by atoms with van der Waals surface area (Å²) >= 11 is 0. The van der Waals surface area contributed by atoms with Crippen LogP contribution >= 0.6 is 0 Å². The van der Waals surface area contributed by atoms with Crippen molar-refractivity contribution >= 4 is 8.56 Å². The van der Waals surface area contributed by atoms with Gasteiger partial charge in [-0.2, -0.15) is 0 Å². The first-order valence-corrected chi connectivity index (χ1v) is 7.73. The summed E-state index contributed by atoms with van der Waals surface area (Å²) in [5.41, 5.74) is 0. The van der Waals surface area contributed by atoms with E-state index >= 15 is 0 Å². The second-order valence-corrected chi connectivity index (χ2v) is 7.55. The van der Waals surface area contributed by atoms with Gasteiger partial charge in [0.05, 0.1) is 13.6 Å². The second-order valence-electron chi connectivity index (χ2n) is 3.96.